The van der Waals surface area contributed by atoms with Gasteiger partial charge in [0, 0.05) is 17.1 Å². The average Bonchev–Trinajstić information content (AvgIpc) is 2.33. The second kappa shape index (κ2) is 9.45. The molecule has 0 nitrogen and oxygen atoms in total. The molecule has 2 aliphatic carbocycles. The van der Waals surface area contributed by atoms with Gasteiger partial charge in [-0.25, -0.2) is 0 Å². The SMILES string of the molecule is C1CCCC2CCCCCCC(CC1)CC2.[Mn]. The van der Waals surface area contributed by atoms with E-state index in [1.807, 2.05) is 0 Å². The summed E-state index contributed by atoms with van der Waals surface area (Å²) >= 11 is 0. The molecule has 0 saturated heterocycles. The average molecular weight is 277 g/mol. The van der Waals surface area contributed by atoms with Crippen LogP contribution in [0.1, 0.15) is 89.9 Å². The topological polar surface area (TPSA) is 0 Å². The van der Waals surface area contributed by atoms with Gasteiger partial charge in [0.1, 0.15) is 0 Å². The van der Waals surface area contributed by atoms with Crippen LogP contribution < -0.4 is 0 Å². The van der Waals surface area contributed by atoms with Gasteiger partial charge in [0.15, 0.2) is 0 Å². The Hall–Kier alpha value is 0.519. The van der Waals surface area contributed by atoms with E-state index in [2.05, 4.69) is 0 Å². The van der Waals surface area contributed by atoms with E-state index < -0.39 is 0 Å². The minimum Gasteiger partial charge on any atom is -0.0533 e. The summed E-state index contributed by atoms with van der Waals surface area (Å²) in [6.07, 6.45) is 21.5. The number of hydrogen-bond acceptors (Lipinski definition) is 0. The van der Waals surface area contributed by atoms with Gasteiger partial charge in [-0.2, -0.15) is 0 Å². The summed E-state index contributed by atoms with van der Waals surface area (Å²) in [4.78, 5) is 0. The summed E-state index contributed by atoms with van der Waals surface area (Å²) in [5, 5.41) is 0. The minimum atomic E-state index is 0. The van der Waals surface area contributed by atoms with Crippen molar-refractivity contribution in [2.45, 2.75) is 89.9 Å². The van der Waals surface area contributed by atoms with Crippen molar-refractivity contribution in [2.24, 2.45) is 11.8 Å². The molecule has 0 aliphatic heterocycles. The largest absolute Gasteiger partial charge is 0.0533 e. The van der Waals surface area contributed by atoms with E-state index in [4.69, 9.17) is 0 Å². The zero-order valence-corrected chi connectivity index (χ0v) is 12.6. The molecule has 17 heavy (non-hydrogen) atoms. The first-order chi connectivity index (χ1) is 7.95. The number of rotatable bonds is 0. The van der Waals surface area contributed by atoms with Crippen LogP contribution in [0.4, 0.5) is 0 Å². The molecule has 0 amide bonds. The Bertz CT molecular complexity index is 142. The van der Waals surface area contributed by atoms with Crippen molar-refractivity contribution < 1.29 is 17.1 Å². The van der Waals surface area contributed by atoms with Crippen molar-refractivity contribution in [3.8, 4) is 0 Å². The molecular formula is C16H30Mn. The monoisotopic (exact) mass is 277 g/mol. The first kappa shape index (κ1) is 15.6. The summed E-state index contributed by atoms with van der Waals surface area (Å²) in [5.41, 5.74) is 0. The summed E-state index contributed by atoms with van der Waals surface area (Å²) < 4.78 is 0. The molecule has 2 saturated carbocycles. The molecule has 2 aliphatic rings. The normalized spacial score (nSPS) is 32.5. The Balaban J connectivity index is 0.00000144. The Morgan fingerprint density at radius 2 is 0.647 bits per heavy atom. The smallest absolute Gasteiger partial charge is 0 e. The van der Waals surface area contributed by atoms with Crippen LogP contribution in [0, 0.1) is 11.8 Å². The standard InChI is InChI=1S/C16H30.Mn/c1-2-6-10-16-12-8-4-3-7-11-15(9-5-1)13-14-16;/h15-16H,1-14H2;. The predicted molar refractivity (Wildman–Crippen MR) is 71.6 cm³/mol. The van der Waals surface area contributed by atoms with Gasteiger partial charge in [0.2, 0.25) is 0 Å². The van der Waals surface area contributed by atoms with Crippen molar-refractivity contribution >= 4 is 0 Å². The molecule has 0 unspecified atom stereocenters. The third-order valence-electron chi connectivity index (χ3n) is 4.93. The van der Waals surface area contributed by atoms with Crippen LogP contribution in [-0.4, -0.2) is 0 Å². The van der Waals surface area contributed by atoms with Gasteiger partial charge in [0.05, 0.1) is 0 Å². The van der Waals surface area contributed by atoms with E-state index in [0.717, 1.165) is 11.8 Å². The molecular weight excluding hydrogens is 247 g/mol. The molecule has 0 N–H and O–H groups in total. The van der Waals surface area contributed by atoms with Gasteiger partial charge in [-0.3, -0.25) is 0 Å². The Labute approximate surface area is 119 Å². The molecule has 2 fully saturated rings. The molecule has 101 valence electrons. The van der Waals surface area contributed by atoms with E-state index in [1.165, 1.54) is 51.4 Å². The summed E-state index contributed by atoms with van der Waals surface area (Å²) in [6.45, 7) is 0. The predicted octanol–water partition coefficient (Wildman–Crippen LogP) is 5.70. The van der Waals surface area contributed by atoms with Crippen LogP contribution in [0.5, 0.6) is 0 Å². The van der Waals surface area contributed by atoms with Crippen LogP contribution in [0.3, 0.4) is 0 Å². The summed E-state index contributed by atoms with van der Waals surface area (Å²) in [7, 11) is 0. The molecule has 0 atom stereocenters. The van der Waals surface area contributed by atoms with Crippen LogP contribution in [0.2, 0.25) is 0 Å². The Morgan fingerprint density at radius 3 is 0.941 bits per heavy atom. The van der Waals surface area contributed by atoms with Crippen molar-refractivity contribution in [3.05, 3.63) is 0 Å². The maximum Gasteiger partial charge on any atom is 0 e. The van der Waals surface area contributed by atoms with Gasteiger partial charge in [-0.1, -0.05) is 89.9 Å². The molecule has 0 aromatic heterocycles. The molecule has 0 heterocycles. The second-order valence-electron chi connectivity index (χ2n) is 6.29. The van der Waals surface area contributed by atoms with Crippen LogP contribution in [0.15, 0.2) is 0 Å². The van der Waals surface area contributed by atoms with E-state index in [1.54, 1.807) is 38.5 Å². The van der Waals surface area contributed by atoms with E-state index >= 15 is 0 Å². The first-order valence-corrected chi connectivity index (χ1v) is 7.95. The van der Waals surface area contributed by atoms with Crippen molar-refractivity contribution in [2.75, 3.05) is 0 Å². The molecule has 0 spiro atoms. The Morgan fingerprint density at radius 1 is 0.353 bits per heavy atom. The first-order valence-electron chi connectivity index (χ1n) is 7.95. The van der Waals surface area contributed by atoms with Gasteiger partial charge < -0.3 is 0 Å². The second-order valence-corrected chi connectivity index (χ2v) is 6.29. The maximum atomic E-state index is 1.56. The molecule has 2 bridgehead atoms. The fourth-order valence-electron chi connectivity index (χ4n) is 3.78. The van der Waals surface area contributed by atoms with Gasteiger partial charge in [-0.15, -0.1) is 0 Å². The number of fused-ring (bicyclic) bond motifs is 3. The number of hydrogen-bond donors (Lipinski definition) is 0. The van der Waals surface area contributed by atoms with Gasteiger partial charge in [-0.05, 0) is 11.8 Å². The quantitative estimate of drug-likeness (QED) is 0.498. The van der Waals surface area contributed by atoms with Gasteiger partial charge >= 0.3 is 0 Å². The van der Waals surface area contributed by atoms with Crippen molar-refractivity contribution in [1.82, 2.24) is 0 Å². The van der Waals surface area contributed by atoms with Crippen LogP contribution >= 0.6 is 0 Å². The van der Waals surface area contributed by atoms with E-state index in [0.29, 0.717) is 0 Å². The van der Waals surface area contributed by atoms with Crippen LogP contribution in [-0.2, 0) is 17.1 Å². The maximum absolute atomic E-state index is 1.56. The van der Waals surface area contributed by atoms with Gasteiger partial charge in [0.25, 0.3) is 0 Å². The van der Waals surface area contributed by atoms with Crippen molar-refractivity contribution in [1.29, 1.82) is 0 Å². The fourth-order valence-corrected chi connectivity index (χ4v) is 3.78. The van der Waals surface area contributed by atoms with Crippen molar-refractivity contribution in [3.63, 3.8) is 0 Å². The molecule has 1 radical (unpaired) electrons. The fraction of sp³-hybridized carbons (Fsp3) is 1.00. The zero-order valence-electron chi connectivity index (χ0n) is 11.4. The molecule has 1 heteroatoms. The molecule has 0 aromatic rings. The van der Waals surface area contributed by atoms with E-state index in [9.17, 15) is 0 Å². The summed E-state index contributed by atoms with van der Waals surface area (Å²) in [5.74, 6) is 2.19. The Kier molecular flexibility index (Phi) is 8.66. The minimum absolute atomic E-state index is 0. The van der Waals surface area contributed by atoms with Crippen LogP contribution in [0.25, 0.3) is 0 Å². The summed E-state index contributed by atoms with van der Waals surface area (Å²) in [6, 6.07) is 0. The third-order valence-corrected chi connectivity index (χ3v) is 4.93. The molecule has 0 aromatic carbocycles. The third kappa shape index (κ3) is 6.30. The molecule has 2 rings (SSSR count). The zero-order chi connectivity index (χ0) is 11.1. The van der Waals surface area contributed by atoms with E-state index in [-0.39, 0.29) is 17.1 Å².